The average Bonchev–Trinajstić information content (AvgIpc) is 2.29. The van der Waals surface area contributed by atoms with Gasteiger partial charge in [-0.05, 0) is 12.8 Å². The van der Waals surface area contributed by atoms with Crippen LogP contribution in [0, 0.1) is 6.42 Å². The molecule has 0 N–H and O–H groups in total. The van der Waals surface area contributed by atoms with Gasteiger partial charge in [0, 0.05) is 13.2 Å². The van der Waals surface area contributed by atoms with Crippen molar-refractivity contribution in [2.45, 2.75) is 70.9 Å². The van der Waals surface area contributed by atoms with E-state index < -0.39 is 6.18 Å². The largest absolute Gasteiger partial charge is 0.392 e. The maximum absolute atomic E-state index is 11.7. The third-order valence-corrected chi connectivity index (χ3v) is 2.78. The highest BCUT2D eigenvalue weighted by Crippen LogP contribution is 2.19. The summed E-state index contributed by atoms with van der Waals surface area (Å²) in [5.41, 5.74) is 0. The molecule has 0 saturated heterocycles. The molecule has 0 aromatic carbocycles. The predicted octanol–water partition coefficient (Wildman–Crippen LogP) is 5.30. The summed E-state index contributed by atoms with van der Waals surface area (Å²) >= 11 is 0. The first kappa shape index (κ1) is 17.8. The van der Waals surface area contributed by atoms with Gasteiger partial charge in [0.1, 0.15) is 0 Å². The van der Waals surface area contributed by atoms with Gasteiger partial charge in [0.25, 0.3) is 0 Å². The Morgan fingerprint density at radius 3 is 1.94 bits per heavy atom. The zero-order chi connectivity index (χ0) is 13.7. The van der Waals surface area contributed by atoms with E-state index in [1.54, 1.807) is 0 Å². The quantitative estimate of drug-likeness (QED) is 0.436. The maximum atomic E-state index is 11.7. The topological polar surface area (TPSA) is 9.23 Å². The van der Waals surface area contributed by atoms with E-state index >= 15 is 0 Å². The molecule has 0 aliphatic heterocycles. The van der Waals surface area contributed by atoms with Crippen LogP contribution in [0.2, 0.25) is 0 Å². The Hall–Kier alpha value is -0.250. The minimum atomic E-state index is -4.16. The molecule has 0 aliphatic rings. The highest BCUT2D eigenvalue weighted by Gasteiger charge is 2.26. The summed E-state index contributed by atoms with van der Waals surface area (Å²) in [7, 11) is 0. The molecule has 4 heteroatoms. The molecule has 109 valence electrons. The highest BCUT2D eigenvalue weighted by molar-refractivity contribution is 4.73. The van der Waals surface area contributed by atoms with E-state index in [0.29, 0.717) is 13.0 Å². The molecule has 0 amide bonds. The molecule has 1 nitrogen and oxygen atoms in total. The van der Waals surface area contributed by atoms with Crippen LogP contribution in [-0.4, -0.2) is 19.4 Å². The third kappa shape index (κ3) is 15.8. The number of ether oxygens (including phenoxy) is 1. The SMILES string of the molecule is CCCCCCCCCCOCC[CH]C(F)(F)F. The van der Waals surface area contributed by atoms with Crippen molar-refractivity contribution in [3.8, 4) is 0 Å². The zero-order valence-corrected chi connectivity index (χ0v) is 11.4. The minimum absolute atomic E-state index is 0.0412. The third-order valence-electron chi connectivity index (χ3n) is 2.78. The molecule has 0 bridgehead atoms. The summed E-state index contributed by atoms with van der Waals surface area (Å²) in [5.74, 6) is 0. The first-order valence-electron chi connectivity index (χ1n) is 7.05. The molecule has 1 radical (unpaired) electrons. The second kappa shape index (κ2) is 11.8. The fourth-order valence-corrected chi connectivity index (χ4v) is 1.75. The van der Waals surface area contributed by atoms with Gasteiger partial charge in [0.05, 0.1) is 6.42 Å². The Morgan fingerprint density at radius 2 is 1.39 bits per heavy atom. The number of hydrogen-bond donors (Lipinski definition) is 0. The van der Waals surface area contributed by atoms with E-state index in [9.17, 15) is 13.2 Å². The van der Waals surface area contributed by atoms with Crippen LogP contribution in [0.1, 0.15) is 64.7 Å². The van der Waals surface area contributed by atoms with Crippen LogP contribution in [0.3, 0.4) is 0 Å². The second-order valence-electron chi connectivity index (χ2n) is 4.62. The lowest BCUT2D eigenvalue weighted by Crippen LogP contribution is -2.10. The molecule has 0 aliphatic carbocycles. The number of hydrogen-bond acceptors (Lipinski definition) is 1. The first-order chi connectivity index (χ1) is 8.56. The van der Waals surface area contributed by atoms with Crippen molar-refractivity contribution in [3.05, 3.63) is 6.42 Å². The van der Waals surface area contributed by atoms with Crippen molar-refractivity contribution >= 4 is 0 Å². The summed E-state index contributed by atoms with van der Waals surface area (Å²) in [6, 6.07) is 0. The van der Waals surface area contributed by atoms with Crippen molar-refractivity contribution in [1.29, 1.82) is 0 Å². The van der Waals surface area contributed by atoms with Gasteiger partial charge < -0.3 is 4.74 Å². The summed E-state index contributed by atoms with van der Waals surface area (Å²) < 4.78 is 40.4. The Bertz CT molecular complexity index is 169. The molecule has 0 spiro atoms. The van der Waals surface area contributed by atoms with Gasteiger partial charge in [0.2, 0.25) is 0 Å². The van der Waals surface area contributed by atoms with E-state index in [-0.39, 0.29) is 13.0 Å². The second-order valence-corrected chi connectivity index (χ2v) is 4.62. The van der Waals surface area contributed by atoms with Crippen LogP contribution in [0.5, 0.6) is 0 Å². The van der Waals surface area contributed by atoms with E-state index in [0.717, 1.165) is 12.8 Å². The van der Waals surface area contributed by atoms with E-state index in [1.165, 1.54) is 38.5 Å². The van der Waals surface area contributed by atoms with Crippen LogP contribution in [0.25, 0.3) is 0 Å². The van der Waals surface area contributed by atoms with Crippen molar-refractivity contribution in [2.24, 2.45) is 0 Å². The van der Waals surface area contributed by atoms with Gasteiger partial charge in [-0.3, -0.25) is 0 Å². The van der Waals surface area contributed by atoms with Crippen molar-refractivity contribution < 1.29 is 17.9 Å². The highest BCUT2D eigenvalue weighted by atomic mass is 19.4. The van der Waals surface area contributed by atoms with Crippen LogP contribution in [0.4, 0.5) is 13.2 Å². The molecular formula is C14H26F3O. The molecule has 0 fully saturated rings. The van der Waals surface area contributed by atoms with Crippen LogP contribution in [0.15, 0.2) is 0 Å². The Kier molecular flexibility index (Phi) is 11.7. The monoisotopic (exact) mass is 267 g/mol. The van der Waals surface area contributed by atoms with Gasteiger partial charge >= 0.3 is 6.18 Å². The summed E-state index contributed by atoms with van der Waals surface area (Å²) in [6.07, 6.45) is 5.90. The molecule has 0 atom stereocenters. The predicted molar refractivity (Wildman–Crippen MR) is 68.4 cm³/mol. The fourth-order valence-electron chi connectivity index (χ4n) is 1.75. The molecule has 0 heterocycles. The van der Waals surface area contributed by atoms with E-state index in [2.05, 4.69) is 6.92 Å². The van der Waals surface area contributed by atoms with Gasteiger partial charge in [-0.25, -0.2) is 0 Å². The van der Waals surface area contributed by atoms with Crippen molar-refractivity contribution in [2.75, 3.05) is 13.2 Å². The molecular weight excluding hydrogens is 241 g/mol. The van der Waals surface area contributed by atoms with Crippen LogP contribution < -0.4 is 0 Å². The van der Waals surface area contributed by atoms with Gasteiger partial charge in [0.15, 0.2) is 0 Å². The lowest BCUT2D eigenvalue weighted by Gasteiger charge is -2.06. The molecule has 0 unspecified atom stereocenters. The number of unbranched alkanes of at least 4 members (excludes halogenated alkanes) is 7. The number of halogens is 3. The zero-order valence-electron chi connectivity index (χ0n) is 11.4. The first-order valence-corrected chi connectivity index (χ1v) is 7.05. The Balaban J connectivity index is 2.99. The summed E-state index contributed by atoms with van der Waals surface area (Å²) in [6.45, 7) is 2.96. The Labute approximate surface area is 109 Å². The molecule has 0 aromatic rings. The molecule has 0 aromatic heterocycles. The van der Waals surface area contributed by atoms with Gasteiger partial charge in [-0.2, -0.15) is 13.2 Å². The molecule has 0 rings (SSSR count). The van der Waals surface area contributed by atoms with Gasteiger partial charge in [-0.15, -0.1) is 0 Å². The number of rotatable bonds is 12. The standard InChI is InChI=1S/C14H26F3O/c1-2-3-4-5-6-7-8-9-12-18-13-10-11-14(15,16)17/h11H,2-10,12-13H2,1H3. The fraction of sp³-hybridized carbons (Fsp3) is 0.929. The average molecular weight is 267 g/mol. The van der Waals surface area contributed by atoms with Crippen LogP contribution >= 0.6 is 0 Å². The van der Waals surface area contributed by atoms with E-state index in [1.807, 2.05) is 0 Å². The van der Waals surface area contributed by atoms with E-state index in [4.69, 9.17) is 4.74 Å². The van der Waals surface area contributed by atoms with Crippen LogP contribution in [-0.2, 0) is 4.74 Å². The normalized spacial score (nSPS) is 12.0. The lowest BCUT2D eigenvalue weighted by molar-refractivity contribution is -0.100. The summed E-state index contributed by atoms with van der Waals surface area (Å²) in [4.78, 5) is 0. The summed E-state index contributed by atoms with van der Waals surface area (Å²) in [5, 5.41) is 0. The van der Waals surface area contributed by atoms with Gasteiger partial charge in [-0.1, -0.05) is 51.9 Å². The maximum Gasteiger partial charge on any atom is 0.392 e. The van der Waals surface area contributed by atoms with Crippen molar-refractivity contribution in [3.63, 3.8) is 0 Å². The molecule has 0 saturated carbocycles. The minimum Gasteiger partial charge on any atom is -0.381 e. The molecule has 18 heavy (non-hydrogen) atoms. The number of alkyl halides is 3. The van der Waals surface area contributed by atoms with Crippen molar-refractivity contribution in [1.82, 2.24) is 0 Å². The lowest BCUT2D eigenvalue weighted by atomic mass is 10.1. The smallest absolute Gasteiger partial charge is 0.381 e. The Morgan fingerprint density at radius 1 is 0.833 bits per heavy atom.